The van der Waals surface area contributed by atoms with E-state index in [0.717, 1.165) is 30.5 Å². The van der Waals surface area contributed by atoms with Crippen molar-refractivity contribution in [3.8, 4) is 0 Å². The fourth-order valence-corrected chi connectivity index (χ4v) is 3.29. The molecule has 2 atom stereocenters. The van der Waals surface area contributed by atoms with Gasteiger partial charge in [0, 0.05) is 12.1 Å². The van der Waals surface area contributed by atoms with Gasteiger partial charge in [0.05, 0.1) is 6.54 Å². The van der Waals surface area contributed by atoms with Crippen molar-refractivity contribution in [3.63, 3.8) is 0 Å². The van der Waals surface area contributed by atoms with E-state index in [2.05, 4.69) is 24.9 Å². The summed E-state index contributed by atoms with van der Waals surface area (Å²) in [7, 11) is 2.18. The van der Waals surface area contributed by atoms with Crippen LogP contribution in [-0.2, 0) is 6.54 Å². The van der Waals surface area contributed by atoms with E-state index in [1.165, 1.54) is 25.7 Å². The van der Waals surface area contributed by atoms with Gasteiger partial charge in [-0.1, -0.05) is 19.8 Å². The molecule has 2 unspecified atom stereocenters. The Bertz CT molecular complexity index is 388. The first-order chi connectivity index (χ1) is 8.55. The van der Waals surface area contributed by atoms with Gasteiger partial charge in [0.15, 0.2) is 0 Å². The number of hydrogen-bond acceptors (Lipinski definition) is 3. The summed E-state index contributed by atoms with van der Waals surface area (Å²) in [6, 6.07) is 4.10. The quantitative estimate of drug-likeness (QED) is 0.893. The van der Waals surface area contributed by atoms with E-state index >= 15 is 0 Å². The Hall–Kier alpha value is -0.800. The van der Waals surface area contributed by atoms with Gasteiger partial charge in [-0.05, 0) is 44.9 Å². The molecule has 0 radical (unpaired) electrons. The lowest BCUT2D eigenvalue weighted by Crippen LogP contribution is -2.54. The lowest BCUT2D eigenvalue weighted by Gasteiger charge is -2.45. The van der Waals surface area contributed by atoms with Crippen molar-refractivity contribution in [2.24, 2.45) is 11.7 Å². The molecule has 0 aliphatic heterocycles. The predicted molar refractivity (Wildman–Crippen MR) is 74.3 cm³/mol. The van der Waals surface area contributed by atoms with E-state index in [1.54, 1.807) is 0 Å². The molecular weight excluding hydrogens is 224 g/mol. The van der Waals surface area contributed by atoms with Crippen LogP contribution in [-0.4, -0.2) is 24.0 Å². The second-order valence-electron chi connectivity index (χ2n) is 6.00. The fraction of sp³-hybridized carbons (Fsp3) is 0.733. The minimum atomic E-state index is 0.165. The van der Waals surface area contributed by atoms with E-state index < -0.39 is 0 Å². The minimum Gasteiger partial charge on any atom is -0.465 e. The first-order valence-electron chi connectivity index (χ1n) is 7.02. The summed E-state index contributed by atoms with van der Waals surface area (Å²) in [6.45, 7) is 5.94. The molecule has 3 heteroatoms. The zero-order valence-corrected chi connectivity index (χ0v) is 11.9. The third-order valence-electron chi connectivity index (χ3n) is 4.45. The van der Waals surface area contributed by atoms with Crippen LogP contribution in [0.15, 0.2) is 16.5 Å². The van der Waals surface area contributed by atoms with E-state index in [1.807, 2.05) is 13.0 Å². The Morgan fingerprint density at radius 2 is 2.28 bits per heavy atom. The Labute approximate surface area is 110 Å². The Morgan fingerprint density at radius 3 is 2.83 bits per heavy atom. The standard InChI is InChI=1S/C15H26N2O/c1-12-5-4-8-15(9-12,11-16)17(3)10-14-7-6-13(2)18-14/h6-7,12H,4-5,8-11,16H2,1-3H3. The van der Waals surface area contributed by atoms with Crippen molar-refractivity contribution >= 4 is 0 Å². The van der Waals surface area contributed by atoms with Gasteiger partial charge in [-0.15, -0.1) is 0 Å². The van der Waals surface area contributed by atoms with Crippen LogP contribution in [0.25, 0.3) is 0 Å². The molecule has 1 aromatic heterocycles. The van der Waals surface area contributed by atoms with Gasteiger partial charge in [0.2, 0.25) is 0 Å². The summed E-state index contributed by atoms with van der Waals surface area (Å²) in [4.78, 5) is 2.40. The van der Waals surface area contributed by atoms with Gasteiger partial charge in [0.25, 0.3) is 0 Å². The first-order valence-corrected chi connectivity index (χ1v) is 7.02. The highest BCUT2D eigenvalue weighted by Crippen LogP contribution is 2.36. The van der Waals surface area contributed by atoms with E-state index in [4.69, 9.17) is 10.2 Å². The number of hydrogen-bond donors (Lipinski definition) is 1. The summed E-state index contributed by atoms with van der Waals surface area (Å²) >= 11 is 0. The molecule has 1 saturated carbocycles. The van der Waals surface area contributed by atoms with Crippen molar-refractivity contribution < 1.29 is 4.42 Å². The monoisotopic (exact) mass is 250 g/mol. The summed E-state index contributed by atoms with van der Waals surface area (Å²) in [5.74, 6) is 2.81. The molecule has 0 aromatic carbocycles. The lowest BCUT2D eigenvalue weighted by atomic mass is 9.75. The van der Waals surface area contributed by atoms with Crippen LogP contribution in [0.5, 0.6) is 0 Å². The van der Waals surface area contributed by atoms with Gasteiger partial charge in [0.1, 0.15) is 11.5 Å². The highest BCUT2D eigenvalue weighted by atomic mass is 16.3. The summed E-state index contributed by atoms with van der Waals surface area (Å²) in [6.07, 6.45) is 5.05. The van der Waals surface area contributed by atoms with Crippen LogP contribution in [0.2, 0.25) is 0 Å². The van der Waals surface area contributed by atoms with E-state index in [0.29, 0.717) is 0 Å². The van der Waals surface area contributed by atoms with Gasteiger partial charge in [-0.25, -0.2) is 0 Å². The van der Waals surface area contributed by atoms with Crippen LogP contribution in [0.4, 0.5) is 0 Å². The van der Waals surface area contributed by atoms with Crippen LogP contribution in [0.1, 0.15) is 44.1 Å². The Balaban J connectivity index is 2.07. The van der Waals surface area contributed by atoms with E-state index in [-0.39, 0.29) is 5.54 Å². The van der Waals surface area contributed by atoms with Crippen molar-refractivity contribution in [1.29, 1.82) is 0 Å². The molecule has 102 valence electrons. The average molecular weight is 250 g/mol. The maximum atomic E-state index is 6.09. The van der Waals surface area contributed by atoms with E-state index in [9.17, 15) is 0 Å². The SMILES string of the molecule is Cc1ccc(CN(C)C2(CN)CCCC(C)C2)o1. The number of furan rings is 1. The Morgan fingerprint density at radius 1 is 1.50 bits per heavy atom. The molecule has 0 bridgehead atoms. The maximum absolute atomic E-state index is 6.09. The third-order valence-corrected chi connectivity index (χ3v) is 4.45. The third kappa shape index (κ3) is 2.78. The second-order valence-corrected chi connectivity index (χ2v) is 6.00. The highest BCUT2D eigenvalue weighted by molar-refractivity contribution is 5.06. The second kappa shape index (κ2) is 5.45. The topological polar surface area (TPSA) is 42.4 Å². The van der Waals surface area contributed by atoms with Crippen LogP contribution in [0.3, 0.4) is 0 Å². The smallest absolute Gasteiger partial charge is 0.118 e. The van der Waals surface area contributed by atoms with Crippen molar-refractivity contribution in [1.82, 2.24) is 4.90 Å². The molecule has 3 nitrogen and oxygen atoms in total. The lowest BCUT2D eigenvalue weighted by molar-refractivity contribution is 0.0501. The molecular formula is C15H26N2O. The molecule has 1 aliphatic carbocycles. The molecule has 1 fully saturated rings. The summed E-state index contributed by atoms with van der Waals surface area (Å²) in [5, 5.41) is 0. The van der Waals surface area contributed by atoms with Gasteiger partial charge >= 0.3 is 0 Å². The van der Waals surface area contributed by atoms with Gasteiger partial charge in [-0.3, -0.25) is 4.90 Å². The molecule has 0 saturated heterocycles. The molecule has 0 spiro atoms. The van der Waals surface area contributed by atoms with Crippen molar-refractivity contribution in [3.05, 3.63) is 23.7 Å². The number of aryl methyl sites for hydroxylation is 1. The average Bonchev–Trinajstić information content (AvgIpc) is 2.74. The zero-order chi connectivity index (χ0) is 13.2. The molecule has 1 aliphatic rings. The first kappa shape index (κ1) is 13.6. The van der Waals surface area contributed by atoms with Crippen molar-refractivity contribution in [2.75, 3.05) is 13.6 Å². The molecule has 2 N–H and O–H groups in total. The number of rotatable bonds is 4. The fourth-order valence-electron chi connectivity index (χ4n) is 3.29. The van der Waals surface area contributed by atoms with Crippen LogP contribution < -0.4 is 5.73 Å². The normalized spacial score (nSPS) is 28.8. The number of likely N-dealkylation sites (N-methyl/N-ethyl adjacent to an activating group) is 1. The molecule has 1 aromatic rings. The highest BCUT2D eigenvalue weighted by Gasteiger charge is 2.37. The van der Waals surface area contributed by atoms with Gasteiger partial charge < -0.3 is 10.2 Å². The maximum Gasteiger partial charge on any atom is 0.118 e. The zero-order valence-electron chi connectivity index (χ0n) is 11.9. The number of nitrogens with zero attached hydrogens (tertiary/aromatic N) is 1. The number of nitrogens with two attached hydrogens (primary N) is 1. The minimum absolute atomic E-state index is 0.165. The largest absolute Gasteiger partial charge is 0.465 e. The van der Waals surface area contributed by atoms with Crippen molar-refractivity contribution in [2.45, 2.75) is 51.6 Å². The molecule has 18 heavy (non-hydrogen) atoms. The van der Waals surface area contributed by atoms with Crippen LogP contribution >= 0.6 is 0 Å². The molecule has 1 heterocycles. The summed E-state index contributed by atoms with van der Waals surface area (Å²) in [5.41, 5.74) is 6.25. The molecule has 2 rings (SSSR count). The Kier molecular flexibility index (Phi) is 4.13. The predicted octanol–water partition coefficient (Wildman–Crippen LogP) is 2.93. The van der Waals surface area contributed by atoms with Gasteiger partial charge in [-0.2, -0.15) is 0 Å². The molecule has 0 amide bonds. The summed E-state index contributed by atoms with van der Waals surface area (Å²) < 4.78 is 5.68. The van der Waals surface area contributed by atoms with Crippen LogP contribution in [0, 0.1) is 12.8 Å².